The van der Waals surface area contributed by atoms with Gasteiger partial charge in [-0.1, -0.05) is 23.4 Å². The lowest BCUT2D eigenvalue weighted by atomic mass is 10.2. The van der Waals surface area contributed by atoms with E-state index in [9.17, 15) is 5.11 Å². The molecule has 1 aliphatic rings. The van der Waals surface area contributed by atoms with Gasteiger partial charge in [-0.15, -0.1) is 0 Å². The van der Waals surface area contributed by atoms with Crippen molar-refractivity contribution in [1.82, 2.24) is 9.47 Å². The van der Waals surface area contributed by atoms with Gasteiger partial charge in [0.15, 0.2) is 0 Å². The summed E-state index contributed by atoms with van der Waals surface area (Å²) in [6.45, 7) is 4.35. The highest BCUT2D eigenvalue weighted by atomic mass is 16.5. The minimum atomic E-state index is -0.451. The Bertz CT molecular complexity index is 647. The molecule has 2 heterocycles. The smallest absolute Gasteiger partial charge is 0.0845 e. The van der Waals surface area contributed by atoms with Gasteiger partial charge in [0.05, 0.1) is 25.5 Å². The minimum Gasteiger partial charge on any atom is -0.411 e. The van der Waals surface area contributed by atoms with Crippen molar-refractivity contribution in [2.45, 2.75) is 12.6 Å². The van der Waals surface area contributed by atoms with Gasteiger partial charge in [-0.3, -0.25) is 4.90 Å². The number of oxime groups is 1. The van der Waals surface area contributed by atoms with Gasteiger partial charge < -0.3 is 19.6 Å². The fourth-order valence-electron chi connectivity index (χ4n) is 2.96. The first-order chi connectivity index (χ1) is 10.8. The molecule has 1 saturated heterocycles. The number of aliphatic hydroxyl groups excluding tert-OH is 1. The first-order valence-corrected chi connectivity index (χ1v) is 7.51. The van der Waals surface area contributed by atoms with Gasteiger partial charge in [0.2, 0.25) is 0 Å². The quantitative estimate of drug-likeness (QED) is 0.494. The Labute approximate surface area is 129 Å². The Kier molecular flexibility index (Phi) is 4.72. The van der Waals surface area contributed by atoms with Gasteiger partial charge in [0.25, 0.3) is 0 Å². The first kappa shape index (κ1) is 15.0. The zero-order chi connectivity index (χ0) is 15.4. The number of para-hydroxylation sites is 1. The molecule has 22 heavy (non-hydrogen) atoms. The fourth-order valence-corrected chi connectivity index (χ4v) is 2.96. The van der Waals surface area contributed by atoms with Crippen molar-refractivity contribution < 1.29 is 15.1 Å². The molecule has 2 N–H and O–H groups in total. The molecule has 0 amide bonds. The van der Waals surface area contributed by atoms with Gasteiger partial charge in [-0.2, -0.15) is 0 Å². The second kappa shape index (κ2) is 6.91. The second-order valence-corrected chi connectivity index (χ2v) is 5.57. The summed E-state index contributed by atoms with van der Waals surface area (Å²) in [5.41, 5.74) is 1.87. The van der Waals surface area contributed by atoms with Crippen LogP contribution in [-0.2, 0) is 11.3 Å². The normalized spacial score (nSPS) is 18.2. The summed E-state index contributed by atoms with van der Waals surface area (Å²) in [5, 5.41) is 23.3. The van der Waals surface area contributed by atoms with Crippen molar-refractivity contribution in [3.8, 4) is 0 Å². The molecule has 1 atom stereocenters. The lowest BCUT2D eigenvalue weighted by molar-refractivity contribution is 0.0117. The van der Waals surface area contributed by atoms with Crippen LogP contribution in [0.1, 0.15) is 5.56 Å². The third-order valence-corrected chi connectivity index (χ3v) is 4.00. The molecule has 0 aliphatic carbocycles. The third-order valence-electron chi connectivity index (χ3n) is 4.00. The van der Waals surface area contributed by atoms with E-state index in [0.717, 1.165) is 42.8 Å². The highest BCUT2D eigenvalue weighted by Crippen LogP contribution is 2.20. The number of nitrogens with zero attached hydrogens (tertiary/aromatic N) is 3. The molecule has 0 bridgehead atoms. The Morgan fingerprint density at radius 1 is 1.23 bits per heavy atom. The lowest BCUT2D eigenvalue weighted by Crippen LogP contribution is -2.41. The summed E-state index contributed by atoms with van der Waals surface area (Å²) in [6, 6.07) is 7.90. The summed E-state index contributed by atoms with van der Waals surface area (Å²) in [4.78, 5) is 2.22. The molecule has 3 rings (SSSR count). The van der Waals surface area contributed by atoms with E-state index in [1.165, 1.54) is 6.21 Å². The van der Waals surface area contributed by atoms with E-state index in [1.807, 2.05) is 35.0 Å². The summed E-state index contributed by atoms with van der Waals surface area (Å²) >= 11 is 0. The van der Waals surface area contributed by atoms with E-state index in [2.05, 4.69) is 10.1 Å². The molecule has 2 aromatic rings. The van der Waals surface area contributed by atoms with Crippen LogP contribution in [0.4, 0.5) is 0 Å². The van der Waals surface area contributed by atoms with Crippen LogP contribution in [0.15, 0.2) is 35.6 Å². The van der Waals surface area contributed by atoms with E-state index >= 15 is 0 Å². The number of ether oxygens (including phenoxy) is 1. The Hall–Kier alpha value is -1.89. The van der Waals surface area contributed by atoms with E-state index in [-0.39, 0.29) is 0 Å². The number of benzene rings is 1. The molecule has 6 nitrogen and oxygen atoms in total. The molecular formula is C16H21N3O3. The molecule has 1 fully saturated rings. The zero-order valence-corrected chi connectivity index (χ0v) is 12.4. The molecule has 0 radical (unpaired) electrons. The van der Waals surface area contributed by atoms with Crippen molar-refractivity contribution in [3.05, 3.63) is 36.0 Å². The van der Waals surface area contributed by atoms with Gasteiger partial charge in [-0.05, 0) is 6.07 Å². The number of fused-ring (bicyclic) bond motifs is 1. The fraction of sp³-hybridized carbons (Fsp3) is 0.438. The van der Waals surface area contributed by atoms with Crippen LogP contribution in [0.25, 0.3) is 10.9 Å². The van der Waals surface area contributed by atoms with Gasteiger partial charge >= 0.3 is 0 Å². The maximum Gasteiger partial charge on any atom is 0.0845 e. The maximum atomic E-state index is 10.4. The first-order valence-electron chi connectivity index (χ1n) is 7.51. The van der Waals surface area contributed by atoms with Crippen molar-refractivity contribution in [2.24, 2.45) is 5.16 Å². The average Bonchev–Trinajstić information content (AvgIpc) is 2.87. The van der Waals surface area contributed by atoms with Gasteiger partial charge in [0.1, 0.15) is 0 Å². The summed E-state index contributed by atoms with van der Waals surface area (Å²) in [7, 11) is 0. The summed E-state index contributed by atoms with van der Waals surface area (Å²) in [5.74, 6) is 0. The number of rotatable bonds is 5. The largest absolute Gasteiger partial charge is 0.411 e. The summed E-state index contributed by atoms with van der Waals surface area (Å²) in [6.07, 6.45) is 2.88. The molecule has 0 spiro atoms. The Balaban J connectivity index is 1.75. The Morgan fingerprint density at radius 3 is 2.77 bits per heavy atom. The van der Waals surface area contributed by atoms with Crippen LogP contribution in [0.5, 0.6) is 0 Å². The number of hydrogen-bond acceptors (Lipinski definition) is 5. The van der Waals surface area contributed by atoms with Crippen molar-refractivity contribution in [2.75, 3.05) is 32.8 Å². The predicted molar refractivity (Wildman–Crippen MR) is 84.6 cm³/mol. The molecule has 1 aromatic carbocycles. The van der Waals surface area contributed by atoms with Crippen LogP contribution >= 0.6 is 0 Å². The minimum absolute atomic E-state index is 0.451. The third kappa shape index (κ3) is 3.30. The number of aliphatic hydroxyl groups is 1. The van der Waals surface area contributed by atoms with Crippen LogP contribution in [-0.4, -0.2) is 64.9 Å². The Morgan fingerprint density at radius 2 is 2.00 bits per heavy atom. The topological polar surface area (TPSA) is 70.2 Å². The average molecular weight is 303 g/mol. The number of aromatic nitrogens is 1. The SMILES string of the molecule is O/N=C\c1cn(C[C@@H](O)CN2CCOCC2)c2ccccc12. The van der Waals surface area contributed by atoms with E-state index in [0.29, 0.717) is 13.1 Å². The van der Waals surface area contributed by atoms with Crippen LogP contribution in [0.3, 0.4) is 0 Å². The van der Waals surface area contributed by atoms with Crippen LogP contribution < -0.4 is 0 Å². The van der Waals surface area contributed by atoms with E-state index < -0.39 is 6.10 Å². The molecule has 1 aliphatic heterocycles. The highest BCUT2D eigenvalue weighted by molar-refractivity contribution is 5.99. The van der Waals surface area contributed by atoms with Crippen molar-refractivity contribution >= 4 is 17.1 Å². The van der Waals surface area contributed by atoms with Crippen LogP contribution in [0, 0.1) is 0 Å². The number of β-amino-alcohol motifs (C(OH)–C–C–N with tert-alkyl or cyclic N) is 1. The molecular weight excluding hydrogens is 282 g/mol. The van der Waals surface area contributed by atoms with Crippen molar-refractivity contribution in [1.29, 1.82) is 0 Å². The number of hydrogen-bond donors (Lipinski definition) is 2. The van der Waals surface area contributed by atoms with Crippen LogP contribution in [0.2, 0.25) is 0 Å². The van der Waals surface area contributed by atoms with E-state index in [1.54, 1.807) is 0 Å². The maximum absolute atomic E-state index is 10.4. The zero-order valence-electron chi connectivity index (χ0n) is 12.4. The highest BCUT2D eigenvalue weighted by Gasteiger charge is 2.16. The predicted octanol–water partition coefficient (Wildman–Crippen LogP) is 1.14. The lowest BCUT2D eigenvalue weighted by Gasteiger charge is -2.28. The number of morpholine rings is 1. The molecule has 1 aromatic heterocycles. The molecule has 0 saturated carbocycles. The second-order valence-electron chi connectivity index (χ2n) is 5.57. The molecule has 0 unspecified atom stereocenters. The van der Waals surface area contributed by atoms with E-state index in [4.69, 9.17) is 9.94 Å². The van der Waals surface area contributed by atoms with Gasteiger partial charge in [-0.25, -0.2) is 0 Å². The van der Waals surface area contributed by atoms with Crippen molar-refractivity contribution in [3.63, 3.8) is 0 Å². The molecule has 6 heteroatoms. The monoisotopic (exact) mass is 303 g/mol. The molecule has 118 valence electrons. The standard InChI is InChI=1S/C16H21N3O3/c20-14(11-18-5-7-22-8-6-18)12-19-10-13(9-17-21)15-3-1-2-4-16(15)19/h1-4,9-10,14,20-21H,5-8,11-12H2/b17-9-/t14-/m0/s1. The van der Waals surface area contributed by atoms with Gasteiger partial charge in [0, 0.05) is 48.8 Å². The summed E-state index contributed by atoms with van der Waals surface area (Å²) < 4.78 is 7.33.